The molecule has 0 aliphatic heterocycles. The molecule has 14 heteroatoms. The van der Waals surface area contributed by atoms with Crippen molar-refractivity contribution in [3.05, 3.63) is 120 Å². The van der Waals surface area contributed by atoms with E-state index < -0.39 is 0 Å². The Kier molecular flexibility index (Phi) is 48.9. The first-order valence-corrected chi connectivity index (χ1v) is 12.4. The molecule has 43 heavy (non-hydrogen) atoms. The molecule has 1 heterocycles. The van der Waals surface area contributed by atoms with Gasteiger partial charge < -0.3 is 29.8 Å². The van der Waals surface area contributed by atoms with Gasteiger partial charge in [0.1, 0.15) is 23.8 Å². The van der Waals surface area contributed by atoms with Crippen LogP contribution in [0.25, 0.3) is 11.4 Å². The Labute approximate surface area is 302 Å². The van der Waals surface area contributed by atoms with Crippen molar-refractivity contribution in [2.24, 2.45) is 0 Å². The minimum absolute atomic E-state index is 0. The topological polar surface area (TPSA) is 128 Å². The van der Waals surface area contributed by atoms with Crippen molar-refractivity contribution < 1.29 is 73.3 Å². The van der Waals surface area contributed by atoms with E-state index in [1.165, 1.54) is 33.4 Å². The number of hydrogen-bond donors (Lipinski definition) is 0. The van der Waals surface area contributed by atoms with Gasteiger partial charge in [-0.05, 0) is 63.8 Å². The number of alkyl halides is 2. The van der Waals surface area contributed by atoms with Gasteiger partial charge in [-0.25, -0.2) is 9.13 Å². The zero-order chi connectivity index (χ0) is 33.9. The summed E-state index contributed by atoms with van der Waals surface area (Å²) >= 11 is 20.5. The zero-order valence-corrected chi connectivity index (χ0v) is 32.4. The van der Waals surface area contributed by atoms with Gasteiger partial charge in [0.05, 0.1) is 11.2 Å². The fraction of sp³-hybridized carbons (Fsp3) is 0.241. The molecule has 0 N–H and O–H groups in total. The summed E-state index contributed by atoms with van der Waals surface area (Å²) in [6.45, 7) is 39.8. The van der Waals surface area contributed by atoms with E-state index in [1.807, 2.05) is 0 Å². The van der Waals surface area contributed by atoms with Gasteiger partial charge >= 0.3 is 67.8 Å². The van der Waals surface area contributed by atoms with Crippen LogP contribution in [-0.4, -0.2) is 9.91 Å². The van der Waals surface area contributed by atoms with Crippen molar-refractivity contribution in [3.63, 3.8) is 0 Å². The molecule has 2 radical (unpaired) electrons. The molecule has 3 aromatic rings. The second kappa shape index (κ2) is 36.8. The molecule has 8 nitrogen and oxygen atoms in total. The summed E-state index contributed by atoms with van der Waals surface area (Å²) in [5.74, 6) is 0.861. The van der Waals surface area contributed by atoms with Gasteiger partial charge in [-0.15, -0.1) is 23.2 Å². The molecule has 0 fully saturated rings. The van der Waals surface area contributed by atoms with E-state index in [0.29, 0.717) is 4.58 Å². The molecule has 0 aliphatic rings. The maximum absolute atomic E-state index is 7.50. The van der Waals surface area contributed by atoms with E-state index in [0.717, 1.165) is 17.2 Å². The van der Waals surface area contributed by atoms with Crippen LogP contribution in [-0.2, 0) is 94.0 Å². The van der Waals surface area contributed by atoms with E-state index in [2.05, 4.69) is 127 Å². The van der Waals surface area contributed by atoms with E-state index >= 15 is 0 Å². The smallest absolute Gasteiger partial charge is 0 e. The molecule has 3 rings (SSSR count). The minimum atomic E-state index is 0. The Morgan fingerprint density at radius 1 is 0.651 bits per heavy atom. The normalized spacial score (nSPS) is 7.40. The van der Waals surface area contributed by atoms with Crippen LogP contribution in [0.5, 0.6) is 0 Å². The summed E-state index contributed by atoms with van der Waals surface area (Å²) in [5, 5.41) is 0.194. The van der Waals surface area contributed by atoms with Gasteiger partial charge in [-0.2, -0.15) is 0 Å². The predicted molar refractivity (Wildman–Crippen MR) is 153 cm³/mol. The summed E-state index contributed by atoms with van der Waals surface area (Å²) in [4.78, 5) is 0. The second-order valence-corrected chi connectivity index (χ2v) is 9.13. The summed E-state index contributed by atoms with van der Waals surface area (Å²) in [6, 6.07) is 8.80. The van der Waals surface area contributed by atoms with Gasteiger partial charge in [0.15, 0.2) is 0 Å². The van der Waals surface area contributed by atoms with Crippen LogP contribution in [0.1, 0.15) is 39.2 Å². The number of hydrogen-bond acceptors (Lipinski definition) is 2. The van der Waals surface area contributed by atoms with Crippen molar-refractivity contribution in [2.75, 3.05) is 5.34 Å². The fourth-order valence-electron chi connectivity index (χ4n) is 4.05. The van der Waals surface area contributed by atoms with Gasteiger partial charge in [0, 0.05) is 40.8 Å². The average molecular weight is 1010 g/mol. The van der Waals surface area contributed by atoms with Gasteiger partial charge in [-0.1, -0.05) is 35.4 Å². The van der Waals surface area contributed by atoms with Crippen LogP contribution in [0.15, 0.2) is 36.7 Å². The Morgan fingerprint density at radius 3 is 1.21 bits per heavy atom. The van der Waals surface area contributed by atoms with E-state index in [-0.39, 0.29) is 46.2 Å². The van der Waals surface area contributed by atoms with Crippen molar-refractivity contribution in [2.45, 2.75) is 41.5 Å². The van der Waals surface area contributed by atoms with Crippen LogP contribution in [0.3, 0.4) is 0 Å². The summed E-state index contributed by atoms with van der Waals surface area (Å²) < 4.78 is 49.7. The van der Waals surface area contributed by atoms with E-state index in [9.17, 15) is 0 Å². The van der Waals surface area contributed by atoms with Crippen molar-refractivity contribution in [1.82, 2.24) is 4.57 Å². The summed E-state index contributed by atoms with van der Waals surface area (Å²) in [5.41, 5.74) is 9.70. The first-order valence-electron chi connectivity index (χ1n) is 10.5. The van der Waals surface area contributed by atoms with Crippen LogP contribution in [0.2, 0.25) is 0 Å². The average Bonchev–Trinajstić information content (AvgIpc) is 3.39. The summed E-state index contributed by atoms with van der Waals surface area (Å²) in [7, 11) is 0. The largest absolute Gasteiger partial charge is 0 e. The number of imidazole rings is 1. The van der Waals surface area contributed by atoms with Crippen LogP contribution < -0.4 is 4.57 Å². The standard InChI is InChI=1S/C22H24N2S2.CH2Cl2.6CO.2Re/c1-13-9-15(3)19(16(4)10-13)23-7-8-24(21(23)22(25)26)20-17(5)11-14(2)12-18(20)6;2-1-3;6*1-2;;/h7-12H,1-6H3;1H2;;;;;;;;/q-2;;;;;;;;;. The molecule has 0 saturated carbocycles. The minimum Gasteiger partial charge on any atom is 0 e. The number of aromatic nitrogens is 2. The first kappa shape index (κ1) is 57.2. The van der Waals surface area contributed by atoms with Crippen molar-refractivity contribution >= 4 is 48.5 Å². The third-order valence-electron chi connectivity index (χ3n) is 4.76. The fourth-order valence-corrected chi connectivity index (χ4v) is 4.45. The van der Waals surface area contributed by atoms with E-state index in [4.69, 9.17) is 76.4 Å². The van der Waals surface area contributed by atoms with Crippen molar-refractivity contribution in [3.8, 4) is 11.4 Å². The number of nitrogens with zero attached hydrogens (tertiary/aromatic N) is 2. The molecule has 0 saturated heterocycles. The Morgan fingerprint density at radius 2 is 0.930 bits per heavy atom. The molecular weight excluding hydrogens is 980 g/mol. The third kappa shape index (κ3) is 19.5. The quantitative estimate of drug-likeness (QED) is 0.109. The molecule has 0 bridgehead atoms. The first-order chi connectivity index (χ1) is 19.6. The van der Waals surface area contributed by atoms with Crippen LogP contribution >= 0.6 is 23.2 Å². The third-order valence-corrected chi connectivity index (χ3v) is 5.12. The molecule has 0 aliphatic carbocycles. The maximum Gasteiger partial charge on any atom is 0 e. The molecule has 0 spiro atoms. The zero-order valence-electron chi connectivity index (χ0n) is 23.8. The Balaban J connectivity index is -0.000000133. The number of rotatable bonds is 3. The second-order valence-electron chi connectivity index (χ2n) is 7.24. The Hall–Kier alpha value is -1.44. The van der Waals surface area contributed by atoms with E-state index in [1.54, 1.807) is 0 Å². The maximum atomic E-state index is 7.50. The number of halogens is 2. The molecule has 1 aromatic heterocycles. The Bertz CT molecular complexity index is 1140. The molecule has 2 aromatic carbocycles. The number of benzene rings is 2. The predicted octanol–water partition coefficient (Wildman–Crippen LogP) is 5.73. The van der Waals surface area contributed by atoms with Crippen LogP contribution in [0.4, 0.5) is 0 Å². The van der Waals surface area contributed by atoms with Gasteiger partial charge in [0.25, 0.3) is 0 Å². The number of aryl methyl sites for hydroxylation is 6. The van der Waals surface area contributed by atoms with Gasteiger partial charge in [0.2, 0.25) is 0 Å². The molecule has 0 amide bonds. The van der Waals surface area contributed by atoms with Gasteiger partial charge in [-0.3, -0.25) is 0 Å². The monoisotopic (exact) mass is 1010 g/mol. The molecule has 0 unspecified atom stereocenters. The summed E-state index contributed by atoms with van der Waals surface area (Å²) in [6.07, 6.45) is 4.13. The molecule has 0 atom stereocenters. The SMILES string of the molecule is Cc1cc(C)c(-n2cc[n+](-c3c(C)cc(C)cc3C)c2[C-]([S-])[S-])c(C)c1.ClCCl.[C-]#[O+].[C-]#[O+].[C-]#[O+].[C-]#[O+].[C-]#[O+].[C-]#[O+].[Re].[Re]. The van der Waals surface area contributed by atoms with Crippen molar-refractivity contribution in [1.29, 1.82) is 0 Å². The molecule has 230 valence electrons. The van der Waals surface area contributed by atoms with Crippen LogP contribution in [0, 0.1) is 86.0 Å². The molecular formula is C29H26Cl2N2O6Re2S2-2.